The van der Waals surface area contributed by atoms with E-state index >= 15 is 0 Å². The molecule has 6 nitrogen and oxygen atoms in total. The lowest BCUT2D eigenvalue weighted by atomic mass is 10.1. The Morgan fingerprint density at radius 2 is 1.47 bits per heavy atom. The molecule has 0 aromatic heterocycles. The first-order chi connectivity index (χ1) is 15.4. The number of carbonyl (C=O) groups is 1. The lowest BCUT2D eigenvalue weighted by Gasteiger charge is -2.10. The minimum atomic E-state index is -3.56. The Balaban J connectivity index is 2.17. The standard InChI is InChI=1S/C24H39N3O3S2/c1-3-5-6-7-8-9-10-11-12-13-14-15-23(28)27-24(31)26-21-16-18-22(19-17-21)32(29,30)25-20-4-2/h4,16-19,25H,2-3,5-15,20H2,1H3,(H2,26,27,28,31). The van der Waals surface area contributed by atoms with Gasteiger partial charge in [0.15, 0.2) is 5.11 Å². The zero-order valence-corrected chi connectivity index (χ0v) is 21.0. The first kappa shape index (κ1) is 28.3. The van der Waals surface area contributed by atoms with Gasteiger partial charge in [-0.3, -0.25) is 4.79 Å². The van der Waals surface area contributed by atoms with Gasteiger partial charge in [-0.25, -0.2) is 13.1 Å². The van der Waals surface area contributed by atoms with E-state index in [0.717, 1.165) is 12.8 Å². The first-order valence-electron chi connectivity index (χ1n) is 11.7. The van der Waals surface area contributed by atoms with Crippen LogP contribution in [0.5, 0.6) is 0 Å². The van der Waals surface area contributed by atoms with Crippen LogP contribution in [0.4, 0.5) is 5.69 Å². The third-order valence-corrected chi connectivity index (χ3v) is 6.74. The highest BCUT2D eigenvalue weighted by atomic mass is 32.2. The maximum absolute atomic E-state index is 12.1. The number of amides is 1. The smallest absolute Gasteiger partial charge is 0.240 e. The van der Waals surface area contributed by atoms with Gasteiger partial charge in [-0.05, 0) is 42.9 Å². The van der Waals surface area contributed by atoms with Crippen LogP contribution < -0.4 is 15.4 Å². The van der Waals surface area contributed by atoms with Crippen LogP contribution in [-0.4, -0.2) is 26.0 Å². The van der Waals surface area contributed by atoms with E-state index in [1.807, 2.05) is 0 Å². The Morgan fingerprint density at radius 3 is 2.00 bits per heavy atom. The minimum absolute atomic E-state index is 0.105. The van der Waals surface area contributed by atoms with Crippen LogP contribution in [0.25, 0.3) is 0 Å². The summed E-state index contributed by atoms with van der Waals surface area (Å²) in [5, 5.41) is 5.79. The summed E-state index contributed by atoms with van der Waals surface area (Å²) in [7, 11) is -3.56. The number of rotatable bonds is 17. The summed E-state index contributed by atoms with van der Waals surface area (Å²) < 4.78 is 26.5. The zero-order chi connectivity index (χ0) is 23.7. The normalized spacial score (nSPS) is 11.2. The number of hydrogen-bond donors (Lipinski definition) is 3. The number of carbonyl (C=O) groups excluding carboxylic acids is 1. The molecule has 0 unspecified atom stereocenters. The van der Waals surface area contributed by atoms with E-state index in [9.17, 15) is 13.2 Å². The van der Waals surface area contributed by atoms with Gasteiger partial charge in [0.2, 0.25) is 15.9 Å². The number of unbranched alkanes of at least 4 members (excludes halogenated alkanes) is 10. The maximum Gasteiger partial charge on any atom is 0.240 e. The van der Waals surface area contributed by atoms with E-state index in [1.54, 1.807) is 12.1 Å². The van der Waals surface area contributed by atoms with Crippen molar-refractivity contribution in [3.05, 3.63) is 36.9 Å². The van der Waals surface area contributed by atoms with Crippen molar-refractivity contribution < 1.29 is 13.2 Å². The summed E-state index contributed by atoms with van der Waals surface area (Å²) in [6.07, 6.45) is 15.6. The van der Waals surface area contributed by atoms with E-state index < -0.39 is 10.0 Å². The molecule has 1 aromatic carbocycles. The van der Waals surface area contributed by atoms with Gasteiger partial charge >= 0.3 is 0 Å². The van der Waals surface area contributed by atoms with E-state index in [4.69, 9.17) is 12.2 Å². The molecule has 1 rings (SSSR count). The SMILES string of the molecule is C=CCNS(=O)(=O)c1ccc(NC(=S)NC(=O)CCCCCCCCCCCCC)cc1. The van der Waals surface area contributed by atoms with Gasteiger partial charge in [0.1, 0.15) is 0 Å². The van der Waals surface area contributed by atoms with Crippen molar-refractivity contribution in [1.29, 1.82) is 0 Å². The van der Waals surface area contributed by atoms with E-state index in [2.05, 4.69) is 28.9 Å². The molecule has 0 saturated heterocycles. The van der Waals surface area contributed by atoms with Gasteiger partial charge in [0, 0.05) is 18.7 Å². The summed E-state index contributed by atoms with van der Waals surface area (Å²) in [6, 6.07) is 6.16. The average Bonchev–Trinajstić information content (AvgIpc) is 2.76. The number of benzene rings is 1. The molecule has 0 atom stereocenters. The lowest BCUT2D eigenvalue weighted by molar-refractivity contribution is -0.119. The summed E-state index contributed by atoms with van der Waals surface area (Å²) >= 11 is 5.18. The lowest BCUT2D eigenvalue weighted by Crippen LogP contribution is -2.33. The number of sulfonamides is 1. The Labute approximate surface area is 199 Å². The Hall–Kier alpha value is -1.77. The molecular weight excluding hydrogens is 442 g/mol. The molecule has 0 spiro atoms. The molecule has 1 amide bonds. The molecule has 0 aliphatic heterocycles. The van der Waals surface area contributed by atoms with Crippen molar-refractivity contribution in [2.45, 2.75) is 88.9 Å². The van der Waals surface area contributed by atoms with Crippen LogP contribution in [0.1, 0.15) is 84.0 Å². The molecule has 0 aliphatic rings. The van der Waals surface area contributed by atoms with E-state index in [0.29, 0.717) is 12.1 Å². The van der Waals surface area contributed by atoms with Crippen LogP contribution >= 0.6 is 12.2 Å². The summed E-state index contributed by atoms with van der Waals surface area (Å²) in [6.45, 7) is 5.89. The van der Waals surface area contributed by atoms with Gasteiger partial charge in [0.25, 0.3) is 0 Å². The molecule has 0 fully saturated rings. The monoisotopic (exact) mass is 481 g/mol. The number of anilines is 1. The van der Waals surface area contributed by atoms with Gasteiger partial charge < -0.3 is 10.6 Å². The average molecular weight is 482 g/mol. The number of hydrogen-bond acceptors (Lipinski definition) is 4. The summed E-state index contributed by atoms with van der Waals surface area (Å²) in [5.74, 6) is -0.105. The fourth-order valence-corrected chi connectivity index (χ4v) is 4.50. The highest BCUT2D eigenvalue weighted by molar-refractivity contribution is 7.89. The van der Waals surface area contributed by atoms with Gasteiger partial charge in [-0.15, -0.1) is 6.58 Å². The molecule has 0 heterocycles. The van der Waals surface area contributed by atoms with Gasteiger partial charge in [-0.2, -0.15) is 0 Å². The molecule has 0 radical (unpaired) electrons. The highest BCUT2D eigenvalue weighted by Gasteiger charge is 2.12. The molecular formula is C24H39N3O3S2. The van der Waals surface area contributed by atoms with Gasteiger partial charge in [0.05, 0.1) is 4.90 Å². The second-order valence-electron chi connectivity index (χ2n) is 7.95. The van der Waals surface area contributed by atoms with Crippen LogP contribution in [0.3, 0.4) is 0 Å². The van der Waals surface area contributed by atoms with Crippen LogP contribution in [-0.2, 0) is 14.8 Å². The Morgan fingerprint density at radius 1 is 0.938 bits per heavy atom. The van der Waals surface area contributed by atoms with E-state index in [-0.39, 0.29) is 22.5 Å². The molecule has 0 saturated carbocycles. The maximum atomic E-state index is 12.1. The van der Waals surface area contributed by atoms with Gasteiger partial charge in [-0.1, -0.05) is 77.2 Å². The third kappa shape index (κ3) is 12.9. The topological polar surface area (TPSA) is 87.3 Å². The molecule has 0 aliphatic carbocycles. The predicted octanol–water partition coefficient (Wildman–Crippen LogP) is 5.67. The predicted molar refractivity (Wildman–Crippen MR) is 137 cm³/mol. The highest BCUT2D eigenvalue weighted by Crippen LogP contribution is 2.14. The van der Waals surface area contributed by atoms with Crippen molar-refractivity contribution >= 4 is 38.9 Å². The Bertz CT molecular complexity index is 793. The van der Waals surface area contributed by atoms with E-state index in [1.165, 1.54) is 76.0 Å². The fourth-order valence-electron chi connectivity index (χ4n) is 3.27. The van der Waals surface area contributed by atoms with Crippen LogP contribution in [0, 0.1) is 0 Å². The Kier molecular flexibility index (Phi) is 14.8. The number of thiocarbonyl (C=S) groups is 1. The van der Waals surface area contributed by atoms with Crippen molar-refractivity contribution in [2.75, 3.05) is 11.9 Å². The summed E-state index contributed by atoms with van der Waals surface area (Å²) in [4.78, 5) is 12.2. The molecule has 1 aromatic rings. The quantitative estimate of drug-likeness (QED) is 0.152. The summed E-state index contributed by atoms with van der Waals surface area (Å²) in [5.41, 5.74) is 0.604. The molecule has 8 heteroatoms. The van der Waals surface area contributed by atoms with Crippen LogP contribution in [0.2, 0.25) is 0 Å². The van der Waals surface area contributed by atoms with Crippen molar-refractivity contribution in [1.82, 2.24) is 10.0 Å². The molecule has 3 N–H and O–H groups in total. The second-order valence-corrected chi connectivity index (χ2v) is 10.1. The number of nitrogens with one attached hydrogen (secondary N) is 3. The minimum Gasteiger partial charge on any atom is -0.332 e. The van der Waals surface area contributed by atoms with Crippen LogP contribution in [0.15, 0.2) is 41.8 Å². The third-order valence-electron chi connectivity index (χ3n) is 5.10. The molecule has 180 valence electrons. The second kappa shape index (κ2) is 16.8. The van der Waals surface area contributed by atoms with Crippen molar-refractivity contribution in [2.24, 2.45) is 0 Å². The molecule has 0 bridgehead atoms. The fraction of sp³-hybridized carbons (Fsp3) is 0.583. The van der Waals surface area contributed by atoms with Crippen molar-refractivity contribution in [3.8, 4) is 0 Å². The first-order valence-corrected chi connectivity index (χ1v) is 13.6. The molecule has 32 heavy (non-hydrogen) atoms. The van der Waals surface area contributed by atoms with Crippen molar-refractivity contribution in [3.63, 3.8) is 0 Å². The zero-order valence-electron chi connectivity index (χ0n) is 19.3. The largest absolute Gasteiger partial charge is 0.332 e.